The first-order valence-electron chi connectivity index (χ1n) is 5.52. The second-order valence-electron chi connectivity index (χ2n) is 3.90. The fourth-order valence-electron chi connectivity index (χ4n) is 1.54. The van der Waals surface area contributed by atoms with Gasteiger partial charge in [-0.05, 0) is 12.1 Å². The molecule has 2 rings (SSSR count). The number of carbonyl (C=O) groups is 1. The van der Waals surface area contributed by atoms with Crippen LogP contribution in [-0.4, -0.2) is 16.1 Å². The molecule has 0 radical (unpaired) electrons. The van der Waals surface area contributed by atoms with Gasteiger partial charge in [0.1, 0.15) is 5.75 Å². The van der Waals surface area contributed by atoms with Crippen LogP contribution in [0.3, 0.4) is 0 Å². The summed E-state index contributed by atoms with van der Waals surface area (Å²) >= 11 is 5.62. The highest BCUT2D eigenvalue weighted by molar-refractivity contribution is 6.33. The van der Waals surface area contributed by atoms with Crippen LogP contribution in [0.25, 0.3) is 0 Å². The minimum absolute atomic E-state index is 0.140. The van der Waals surface area contributed by atoms with E-state index in [4.69, 9.17) is 21.4 Å². The van der Waals surface area contributed by atoms with Gasteiger partial charge in [0, 0.05) is 6.07 Å². The van der Waals surface area contributed by atoms with Crippen LogP contribution in [0.2, 0.25) is 5.02 Å². The van der Waals surface area contributed by atoms with E-state index in [9.17, 15) is 18.0 Å². The monoisotopic (exact) mass is 317 g/mol. The van der Waals surface area contributed by atoms with Crippen LogP contribution < -0.4 is 4.74 Å². The van der Waals surface area contributed by atoms with Gasteiger partial charge in [-0.15, -0.1) is 0 Å². The highest BCUT2D eigenvalue weighted by atomic mass is 35.5. The fourth-order valence-corrected chi connectivity index (χ4v) is 1.73. The quantitative estimate of drug-likeness (QED) is 0.919. The molecule has 0 saturated carbocycles. The number of rotatable bonds is 3. The Bertz CT molecular complexity index is 689. The number of benzene rings is 1. The van der Waals surface area contributed by atoms with Crippen LogP contribution >= 0.6 is 11.6 Å². The van der Waals surface area contributed by atoms with Crippen molar-refractivity contribution in [3.05, 3.63) is 52.7 Å². The van der Waals surface area contributed by atoms with Gasteiger partial charge in [-0.2, -0.15) is 13.2 Å². The lowest BCUT2D eigenvalue weighted by Gasteiger charge is -2.13. The standard InChI is InChI=1S/C13H7ClF3NO3/c14-9-6-18-11(5-7(9)12(19)20)21-10-4-2-1-3-8(10)13(15,16)17/h1-6H,(H,19,20). The predicted molar refractivity (Wildman–Crippen MR) is 67.7 cm³/mol. The van der Waals surface area contributed by atoms with E-state index in [2.05, 4.69) is 4.98 Å². The number of hydrogen-bond donors (Lipinski definition) is 1. The molecule has 0 aliphatic rings. The summed E-state index contributed by atoms with van der Waals surface area (Å²) in [5.41, 5.74) is -1.30. The third kappa shape index (κ3) is 3.43. The van der Waals surface area contributed by atoms with Crippen molar-refractivity contribution in [3.8, 4) is 11.6 Å². The normalized spacial score (nSPS) is 11.2. The molecule has 1 aromatic heterocycles. The Morgan fingerprint density at radius 3 is 2.57 bits per heavy atom. The Kier molecular flexibility index (Phi) is 4.04. The fraction of sp³-hybridized carbons (Fsp3) is 0.0769. The molecule has 1 N–H and O–H groups in total. The highest BCUT2D eigenvalue weighted by Gasteiger charge is 2.34. The average molecular weight is 318 g/mol. The number of nitrogens with zero attached hydrogens (tertiary/aromatic N) is 1. The molecule has 0 spiro atoms. The van der Waals surface area contributed by atoms with Crippen LogP contribution in [0.4, 0.5) is 13.2 Å². The number of hydrogen-bond acceptors (Lipinski definition) is 3. The van der Waals surface area contributed by atoms with Crippen molar-refractivity contribution < 1.29 is 27.8 Å². The van der Waals surface area contributed by atoms with E-state index in [0.717, 1.165) is 24.4 Å². The molecule has 1 heterocycles. The van der Waals surface area contributed by atoms with Gasteiger partial charge in [-0.3, -0.25) is 0 Å². The smallest absolute Gasteiger partial charge is 0.419 e. The molecule has 2 aromatic rings. The predicted octanol–water partition coefficient (Wildman–Crippen LogP) is 4.24. The highest BCUT2D eigenvalue weighted by Crippen LogP contribution is 2.37. The number of aromatic nitrogens is 1. The van der Waals surface area contributed by atoms with Crippen molar-refractivity contribution in [3.63, 3.8) is 0 Å². The lowest BCUT2D eigenvalue weighted by atomic mass is 10.2. The minimum atomic E-state index is -4.60. The number of ether oxygens (including phenoxy) is 1. The van der Waals surface area contributed by atoms with E-state index >= 15 is 0 Å². The number of halogens is 4. The van der Waals surface area contributed by atoms with Gasteiger partial charge >= 0.3 is 12.1 Å². The largest absolute Gasteiger partial charge is 0.478 e. The van der Waals surface area contributed by atoms with Gasteiger partial charge in [0.15, 0.2) is 0 Å². The summed E-state index contributed by atoms with van der Waals surface area (Å²) in [4.78, 5) is 14.6. The zero-order chi connectivity index (χ0) is 15.6. The molecular weight excluding hydrogens is 311 g/mol. The van der Waals surface area contributed by atoms with E-state index in [-0.39, 0.29) is 16.5 Å². The van der Waals surface area contributed by atoms with Crippen LogP contribution in [0, 0.1) is 0 Å². The van der Waals surface area contributed by atoms with E-state index in [1.807, 2.05) is 0 Å². The van der Waals surface area contributed by atoms with Crippen molar-refractivity contribution in [1.82, 2.24) is 4.98 Å². The zero-order valence-electron chi connectivity index (χ0n) is 10.2. The lowest BCUT2D eigenvalue weighted by Crippen LogP contribution is -2.07. The summed E-state index contributed by atoms with van der Waals surface area (Å²) in [6, 6.07) is 5.49. The van der Waals surface area contributed by atoms with Crippen LogP contribution in [-0.2, 0) is 6.18 Å². The topological polar surface area (TPSA) is 59.4 Å². The summed E-state index contributed by atoms with van der Waals surface area (Å²) in [6.45, 7) is 0. The van der Waals surface area contributed by atoms with Crippen molar-refractivity contribution in [2.45, 2.75) is 6.18 Å². The summed E-state index contributed by atoms with van der Waals surface area (Å²) in [6.07, 6.45) is -3.60. The average Bonchev–Trinajstić information content (AvgIpc) is 2.40. The molecule has 0 fully saturated rings. The number of para-hydroxylation sites is 1. The Morgan fingerprint density at radius 1 is 1.29 bits per heavy atom. The van der Waals surface area contributed by atoms with E-state index in [1.165, 1.54) is 12.1 Å². The van der Waals surface area contributed by atoms with E-state index in [1.54, 1.807) is 0 Å². The number of carboxylic acid groups (broad SMARTS) is 1. The maximum Gasteiger partial charge on any atom is 0.419 e. The molecule has 0 amide bonds. The first-order chi connectivity index (χ1) is 9.79. The first kappa shape index (κ1) is 15.1. The number of aromatic carboxylic acids is 1. The summed E-state index contributed by atoms with van der Waals surface area (Å²) < 4.78 is 43.5. The van der Waals surface area contributed by atoms with Crippen molar-refractivity contribution in [2.75, 3.05) is 0 Å². The number of alkyl halides is 3. The molecule has 0 bridgehead atoms. The lowest BCUT2D eigenvalue weighted by molar-refractivity contribution is -0.138. The Balaban J connectivity index is 2.40. The van der Waals surface area contributed by atoms with Gasteiger partial charge in [-0.1, -0.05) is 23.7 Å². The molecule has 1 aromatic carbocycles. The summed E-state index contributed by atoms with van der Waals surface area (Å²) in [5.74, 6) is -2.11. The zero-order valence-corrected chi connectivity index (χ0v) is 10.9. The van der Waals surface area contributed by atoms with Gasteiger partial charge in [0.2, 0.25) is 5.88 Å². The van der Waals surface area contributed by atoms with Gasteiger partial charge < -0.3 is 9.84 Å². The molecule has 0 aliphatic heterocycles. The molecule has 110 valence electrons. The molecule has 4 nitrogen and oxygen atoms in total. The Morgan fingerprint density at radius 2 is 1.95 bits per heavy atom. The van der Waals surface area contributed by atoms with Gasteiger partial charge in [-0.25, -0.2) is 9.78 Å². The molecular formula is C13H7ClF3NO3. The molecule has 0 saturated heterocycles. The third-order valence-electron chi connectivity index (χ3n) is 2.47. The maximum absolute atomic E-state index is 12.8. The SMILES string of the molecule is O=C(O)c1cc(Oc2ccccc2C(F)(F)F)ncc1Cl. The minimum Gasteiger partial charge on any atom is -0.478 e. The van der Waals surface area contributed by atoms with E-state index in [0.29, 0.717) is 0 Å². The molecule has 0 atom stereocenters. The first-order valence-corrected chi connectivity index (χ1v) is 5.90. The summed E-state index contributed by atoms with van der Waals surface area (Å²) in [7, 11) is 0. The molecule has 0 unspecified atom stereocenters. The van der Waals surface area contributed by atoms with Gasteiger partial charge in [0.05, 0.1) is 22.3 Å². The number of pyridine rings is 1. The second-order valence-corrected chi connectivity index (χ2v) is 4.31. The second kappa shape index (κ2) is 5.61. The maximum atomic E-state index is 12.8. The number of carboxylic acids is 1. The van der Waals surface area contributed by atoms with Crippen molar-refractivity contribution >= 4 is 17.6 Å². The summed E-state index contributed by atoms with van der Waals surface area (Å²) in [5, 5.41) is 8.75. The molecule has 0 aliphatic carbocycles. The Labute approximate surface area is 121 Å². The Hall–Kier alpha value is -2.28. The van der Waals surface area contributed by atoms with Crippen molar-refractivity contribution in [1.29, 1.82) is 0 Å². The molecule has 21 heavy (non-hydrogen) atoms. The molecule has 8 heteroatoms. The van der Waals surface area contributed by atoms with E-state index < -0.39 is 23.5 Å². The van der Waals surface area contributed by atoms with Crippen LogP contribution in [0.1, 0.15) is 15.9 Å². The van der Waals surface area contributed by atoms with Crippen LogP contribution in [0.15, 0.2) is 36.5 Å². The van der Waals surface area contributed by atoms with Crippen LogP contribution in [0.5, 0.6) is 11.6 Å². The van der Waals surface area contributed by atoms with Crippen molar-refractivity contribution in [2.24, 2.45) is 0 Å². The van der Waals surface area contributed by atoms with Gasteiger partial charge in [0.25, 0.3) is 0 Å². The third-order valence-corrected chi connectivity index (χ3v) is 2.77.